The van der Waals surface area contributed by atoms with Crippen LogP contribution in [0, 0.1) is 0 Å². The van der Waals surface area contributed by atoms with Crippen molar-refractivity contribution >= 4 is 21.9 Å². The number of sulfonamides is 1. The standard InChI is InChI=1S/C9H19N7O3S/c1-3-5-19-9-14-7(13-8(15-9)16-10)12-4-6-20(17,18)11-2/h11H,3-6,10H2,1-2H3,(H2,12,13,14,15,16). The van der Waals surface area contributed by atoms with E-state index in [2.05, 4.69) is 30.4 Å². The van der Waals surface area contributed by atoms with Gasteiger partial charge in [-0.3, -0.25) is 5.43 Å². The second kappa shape index (κ2) is 7.77. The van der Waals surface area contributed by atoms with E-state index in [1.165, 1.54) is 7.05 Å². The van der Waals surface area contributed by atoms with Crippen molar-refractivity contribution in [2.75, 3.05) is 36.7 Å². The van der Waals surface area contributed by atoms with Crippen LogP contribution >= 0.6 is 0 Å². The van der Waals surface area contributed by atoms with Crippen LogP contribution in [0.1, 0.15) is 13.3 Å². The number of aromatic nitrogens is 3. The minimum atomic E-state index is -3.28. The van der Waals surface area contributed by atoms with Crippen LogP contribution in [0.2, 0.25) is 0 Å². The molecule has 1 aromatic heterocycles. The highest BCUT2D eigenvalue weighted by Crippen LogP contribution is 2.10. The van der Waals surface area contributed by atoms with Crippen molar-refractivity contribution < 1.29 is 13.2 Å². The average Bonchev–Trinajstić information content (AvgIpc) is 2.44. The summed E-state index contributed by atoms with van der Waals surface area (Å²) in [6.45, 7) is 2.55. The van der Waals surface area contributed by atoms with Crippen LogP contribution in [0.15, 0.2) is 0 Å². The molecule has 1 aromatic rings. The first-order valence-corrected chi connectivity index (χ1v) is 7.66. The Bertz CT molecular complexity index is 522. The first kappa shape index (κ1) is 16.3. The highest BCUT2D eigenvalue weighted by atomic mass is 32.2. The fourth-order valence-corrected chi connectivity index (χ4v) is 1.73. The average molecular weight is 305 g/mol. The maximum atomic E-state index is 11.3. The highest BCUT2D eigenvalue weighted by molar-refractivity contribution is 7.89. The molecule has 5 N–H and O–H groups in total. The summed E-state index contributed by atoms with van der Waals surface area (Å²) in [5.41, 5.74) is 2.29. The summed E-state index contributed by atoms with van der Waals surface area (Å²) in [5, 5.41) is 2.77. The molecule has 0 bridgehead atoms. The van der Waals surface area contributed by atoms with E-state index in [0.717, 1.165) is 6.42 Å². The minimum Gasteiger partial charge on any atom is -0.463 e. The lowest BCUT2D eigenvalue weighted by atomic mass is 10.5. The minimum absolute atomic E-state index is 0.105. The summed E-state index contributed by atoms with van der Waals surface area (Å²) >= 11 is 0. The van der Waals surface area contributed by atoms with Crippen LogP contribution in [0.5, 0.6) is 6.01 Å². The van der Waals surface area contributed by atoms with Gasteiger partial charge in [0.2, 0.25) is 21.9 Å². The topological polar surface area (TPSA) is 144 Å². The molecular weight excluding hydrogens is 286 g/mol. The zero-order valence-corrected chi connectivity index (χ0v) is 12.2. The zero-order chi connectivity index (χ0) is 15.0. The fourth-order valence-electron chi connectivity index (χ4n) is 1.16. The molecule has 0 aromatic carbocycles. The van der Waals surface area contributed by atoms with Crippen molar-refractivity contribution in [1.29, 1.82) is 0 Å². The Labute approximate surface area is 117 Å². The van der Waals surface area contributed by atoms with Gasteiger partial charge >= 0.3 is 6.01 Å². The summed E-state index contributed by atoms with van der Waals surface area (Å²) in [6.07, 6.45) is 0.806. The summed E-state index contributed by atoms with van der Waals surface area (Å²) < 4.78 is 30.0. The quantitative estimate of drug-likeness (QED) is 0.330. The molecule has 1 heterocycles. The smallest absolute Gasteiger partial charge is 0.323 e. The molecule has 0 aliphatic heterocycles. The van der Waals surface area contributed by atoms with Gasteiger partial charge in [0.05, 0.1) is 12.4 Å². The predicted molar refractivity (Wildman–Crippen MR) is 74.8 cm³/mol. The lowest BCUT2D eigenvalue weighted by molar-refractivity contribution is 0.292. The fraction of sp³-hybridized carbons (Fsp3) is 0.667. The number of ether oxygens (including phenoxy) is 1. The maximum Gasteiger partial charge on any atom is 0.323 e. The van der Waals surface area contributed by atoms with Crippen molar-refractivity contribution in [1.82, 2.24) is 19.7 Å². The predicted octanol–water partition coefficient (Wildman–Crippen LogP) is -1.09. The van der Waals surface area contributed by atoms with Crippen LogP contribution < -0.4 is 26.0 Å². The van der Waals surface area contributed by atoms with Crippen LogP contribution in [-0.4, -0.2) is 49.3 Å². The highest BCUT2D eigenvalue weighted by Gasteiger charge is 2.09. The third kappa shape index (κ3) is 5.50. The van der Waals surface area contributed by atoms with Gasteiger partial charge in [-0.25, -0.2) is 19.0 Å². The van der Waals surface area contributed by atoms with Crippen LogP contribution in [0.3, 0.4) is 0 Å². The van der Waals surface area contributed by atoms with Gasteiger partial charge in [-0.05, 0) is 13.5 Å². The molecule has 0 fully saturated rings. The number of hydrogen-bond acceptors (Lipinski definition) is 9. The lowest BCUT2D eigenvalue weighted by Gasteiger charge is -2.09. The molecule has 11 heteroatoms. The molecule has 0 atom stereocenters. The Balaban J connectivity index is 2.68. The summed E-state index contributed by atoms with van der Waals surface area (Å²) in [4.78, 5) is 11.8. The van der Waals surface area contributed by atoms with Crippen LogP contribution in [0.4, 0.5) is 11.9 Å². The number of rotatable bonds is 9. The summed E-state index contributed by atoms with van der Waals surface area (Å²) in [5.74, 6) is 5.45. The maximum absolute atomic E-state index is 11.3. The van der Waals surface area contributed by atoms with Gasteiger partial charge in [-0.15, -0.1) is 0 Å². The van der Waals surface area contributed by atoms with Gasteiger partial charge in [-0.2, -0.15) is 15.0 Å². The molecule has 0 unspecified atom stereocenters. The second-order valence-corrected chi connectivity index (χ2v) is 5.75. The third-order valence-electron chi connectivity index (χ3n) is 2.14. The molecule has 20 heavy (non-hydrogen) atoms. The van der Waals surface area contributed by atoms with Gasteiger partial charge in [-0.1, -0.05) is 6.92 Å². The number of nitrogens with two attached hydrogens (primary N) is 1. The van der Waals surface area contributed by atoms with E-state index in [1.54, 1.807) is 0 Å². The number of hydrazine groups is 1. The summed E-state index contributed by atoms with van der Waals surface area (Å²) in [6, 6.07) is 0.119. The van der Waals surface area contributed by atoms with Gasteiger partial charge in [0.1, 0.15) is 0 Å². The number of nitrogen functional groups attached to an aromatic ring is 1. The van der Waals surface area contributed by atoms with Crippen LogP contribution in [0.25, 0.3) is 0 Å². The van der Waals surface area contributed by atoms with Gasteiger partial charge in [0.25, 0.3) is 0 Å². The molecule has 10 nitrogen and oxygen atoms in total. The molecule has 0 radical (unpaired) electrons. The van der Waals surface area contributed by atoms with E-state index in [4.69, 9.17) is 10.6 Å². The molecule has 114 valence electrons. The van der Waals surface area contributed by atoms with E-state index in [9.17, 15) is 8.42 Å². The Morgan fingerprint density at radius 1 is 1.25 bits per heavy atom. The van der Waals surface area contributed by atoms with E-state index in [-0.39, 0.29) is 30.2 Å². The van der Waals surface area contributed by atoms with Crippen molar-refractivity contribution in [2.24, 2.45) is 5.84 Å². The Kier molecular flexibility index (Phi) is 6.35. The van der Waals surface area contributed by atoms with Crippen molar-refractivity contribution in [3.05, 3.63) is 0 Å². The first-order valence-electron chi connectivity index (χ1n) is 6.01. The number of anilines is 2. The molecule has 0 saturated carbocycles. The largest absolute Gasteiger partial charge is 0.463 e. The lowest BCUT2D eigenvalue weighted by Crippen LogP contribution is -2.26. The molecule has 0 aliphatic carbocycles. The van der Waals surface area contributed by atoms with E-state index in [0.29, 0.717) is 6.61 Å². The second-order valence-electron chi connectivity index (χ2n) is 3.71. The molecule has 0 aliphatic rings. The molecule has 0 saturated heterocycles. The van der Waals surface area contributed by atoms with E-state index < -0.39 is 10.0 Å². The number of hydrogen-bond donors (Lipinski definition) is 4. The molecule has 0 spiro atoms. The SMILES string of the molecule is CCCOc1nc(NN)nc(NCCS(=O)(=O)NC)n1. The third-order valence-corrected chi connectivity index (χ3v) is 3.51. The van der Waals surface area contributed by atoms with Gasteiger partial charge < -0.3 is 10.1 Å². The molecular formula is C9H19N7O3S. The van der Waals surface area contributed by atoms with Gasteiger partial charge in [0.15, 0.2) is 0 Å². The number of nitrogens with one attached hydrogen (secondary N) is 3. The zero-order valence-electron chi connectivity index (χ0n) is 11.4. The first-order chi connectivity index (χ1) is 9.50. The normalized spacial score (nSPS) is 11.2. The Morgan fingerprint density at radius 2 is 1.95 bits per heavy atom. The Morgan fingerprint density at radius 3 is 2.55 bits per heavy atom. The van der Waals surface area contributed by atoms with E-state index in [1.807, 2.05) is 6.92 Å². The van der Waals surface area contributed by atoms with Crippen molar-refractivity contribution in [3.8, 4) is 6.01 Å². The summed E-state index contributed by atoms with van der Waals surface area (Å²) in [7, 11) is -1.93. The molecule has 1 rings (SSSR count). The Hall–Kier alpha value is -1.72. The van der Waals surface area contributed by atoms with Crippen LogP contribution in [-0.2, 0) is 10.0 Å². The van der Waals surface area contributed by atoms with E-state index >= 15 is 0 Å². The van der Waals surface area contributed by atoms with Gasteiger partial charge in [0, 0.05) is 6.54 Å². The monoisotopic (exact) mass is 305 g/mol. The van der Waals surface area contributed by atoms with Crippen molar-refractivity contribution in [3.63, 3.8) is 0 Å². The molecule has 0 amide bonds. The number of nitrogens with zero attached hydrogens (tertiary/aromatic N) is 3. The van der Waals surface area contributed by atoms with Crippen molar-refractivity contribution in [2.45, 2.75) is 13.3 Å².